The maximum atomic E-state index is 6.28. The Hall–Kier alpha value is -2.44. The lowest BCUT2D eigenvalue weighted by molar-refractivity contribution is 0.351. The molecule has 1 fully saturated rings. The number of pyridine rings is 1. The third kappa shape index (κ3) is 4.50. The fraction of sp³-hybridized carbons (Fsp3) is 0.500. The molecule has 3 aromatic rings. The highest BCUT2D eigenvalue weighted by Gasteiger charge is 2.18. The van der Waals surface area contributed by atoms with Crippen LogP contribution in [0.5, 0.6) is 0 Å². The number of benzene rings is 1. The number of aryl methyl sites for hydroxylation is 1. The van der Waals surface area contributed by atoms with Crippen LogP contribution in [0.25, 0.3) is 21.9 Å². The van der Waals surface area contributed by atoms with Crippen LogP contribution in [0.1, 0.15) is 51.3 Å². The van der Waals surface area contributed by atoms with E-state index in [1.54, 1.807) is 0 Å². The Morgan fingerprint density at radius 1 is 1.13 bits per heavy atom. The van der Waals surface area contributed by atoms with Crippen LogP contribution in [0.4, 0.5) is 5.82 Å². The molecule has 160 valence electrons. The van der Waals surface area contributed by atoms with Gasteiger partial charge in [-0.15, -0.1) is 0 Å². The number of rotatable bonds is 8. The van der Waals surface area contributed by atoms with E-state index in [1.807, 2.05) is 12.1 Å². The molecule has 30 heavy (non-hydrogen) atoms. The molecule has 5 N–H and O–H groups in total. The van der Waals surface area contributed by atoms with E-state index in [4.69, 9.17) is 16.5 Å². The third-order valence-electron chi connectivity index (χ3n) is 6.19. The Morgan fingerprint density at radius 3 is 2.73 bits per heavy atom. The van der Waals surface area contributed by atoms with Crippen molar-refractivity contribution in [2.24, 2.45) is 5.73 Å². The van der Waals surface area contributed by atoms with Gasteiger partial charge in [0.05, 0.1) is 11.0 Å². The summed E-state index contributed by atoms with van der Waals surface area (Å²) in [6.07, 6.45) is 12.3. The van der Waals surface area contributed by atoms with Gasteiger partial charge in [-0.3, -0.25) is 0 Å². The Balaban J connectivity index is 1.55. The summed E-state index contributed by atoms with van der Waals surface area (Å²) in [6.45, 7) is 3.89. The van der Waals surface area contributed by atoms with E-state index in [0.29, 0.717) is 17.9 Å². The first-order chi connectivity index (χ1) is 14.7. The molecule has 2 heterocycles. The van der Waals surface area contributed by atoms with Crippen LogP contribution in [0.2, 0.25) is 0 Å². The van der Waals surface area contributed by atoms with Crippen molar-refractivity contribution in [3.05, 3.63) is 42.2 Å². The Kier molecular flexibility index (Phi) is 6.65. The van der Waals surface area contributed by atoms with Crippen molar-refractivity contribution >= 4 is 27.8 Å². The van der Waals surface area contributed by atoms with Gasteiger partial charge in [0.2, 0.25) is 0 Å². The molecular formula is C24H34N6. The van der Waals surface area contributed by atoms with E-state index in [-0.39, 0.29) is 0 Å². The number of nitrogens with zero attached hydrogens (tertiary/aromatic N) is 3. The summed E-state index contributed by atoms with van der Waals surface area (Å²) in [4.78, 5) is 9.46. The molecule has 6 heteroatoms. The summed E-state index contributed by atoms with van der Waals surface area (Å²) in [5.74, 6) is 1.61. The quantitative estimate of drug-likeness (QED) is 0.493. The minimum absolute atomic E-state index is 0.395. The van der Waals surface area contributed by atoms with E-state index >= 15 is 0 Å². The molecule has 0 bridgehead atoms. The molecule has 4 rings (SSSR count). The van der Waals surface area contributed by atoms with Crippen LogP contribution in [0.15, 0.2) is 36.4 Å². The molecule has 2 aromatic heterocycles. The number of anilines is 1. The highest BCUT2D eigenvalue weighted by molar-refractivity contribution is 6.06. The molecule has 1 saturated carbocycles. The van der Waals surface area contributed by atoms with E-state index in [9.17, 15) is 0 Å². The Labute approximate surface area is 178 Å². The van der Waals surface area contributed by atoms with Gasteiger partial charge in [-0.05, 0) is 38.2 Å². The van der Waals surface area contributed by atoms with E-state index in [0.717, 1.165) is 73.0 Å². The monoisotopic (exact) mass is 406 g/mol. The Bertz CT molecular complexity index is 1010. The van der Waals surface area contributed by atoms with Crippen LogP contribution >= 0.6 is 0 Å². The van der Waals surface area contributed by atoms with Gasteiger partial charge >= 0.3 is 0 Å². The molecule has 0 radical (unpaired) electrons. The Morgan fingerprint density at radius 2 is 1.93 bits per heavy atom. The van der Waals surface area contributed by atoms with E-state index < -0.39 is 0 Å². The second kappa shape index (κ2) is 9.58. The molecule has 0 atom stereocenters. The smallest absolute Gasteiger partial charge is 0.152 e. The summed E-state index contributed by atoms with van der Waals surface area (Å²) >= 11 is 0. The number of allylic oxidation sites excluding steroid dienone is 1. The van der Waals surface area contributed by atoms with E-state index in [2.05, 4.69) is 46.1 Å². The molecule has 0 amide bonds. The zero-order valence-corrected chi connectivity index (χ0v) is 18.0. The summed E-state index contributed by atoms with van der Waals surface area (Å²) in [7, 11) is 0. The van der Waals surface area contributed by atoms with Crippen molar-refractivity contribution in [3.63, 3.8) is 0 Å². The largest absolute Gasteiger partial charge is 0.382 e. The third-order valence-corrected chi connectivity index (χ3v) is 6.19. The molecule has 1 aliphatic rings. The molecule has 0 spiro atoms. The predicted molar refractivity (Wildman–Crippen MR) is 125 cm³/mol. The number of aromatic nitrogens is 3. The number of fused-ring (bicyclic) bond motifs is 3. The van der Waals surface area contributed by atoms with Gasteiger partial charge in [0.15, 0.2) is 5.82 Å². The number of unbranched alkanes of at least 4 members (excludes halogenated alkanes) is 1. The zero-order chi connectivity index (χ0) is 20.9. The van der Waals surface area contributed by atoms with Gasteiger partial charge in [-0.25, -0.2) is 9.97 Å². The second-order valence-corrected chi connectivity index (χ2v) is 8.44. The number of nitrogen functional groups attached to an aromatic ring is 1. The molecular weight excluding hydrogens is 372 g/mol. The van der Waals surface area contributed by atoms with Crippen molar-refractivity contribution in [2.75, 3.05) is 12.3 Å². The van der Waals surface area contributed by atoms with Gasteiger partial charge < -0.3 is 21.4 Å². The van der Waals surface area contributed by atoms with Crippen LogP contribution in [0, 0.1) is 0 Å². The van der Waals surface area contributed by atoms with Crippen molar-refractivity contribution in [3.8, 4) is 0 Å². The van der Waals surface area contributed by atoms with Gasteiger partial charge in [-0.1, -0.05) is 43.7 Å². The SMILES string of the molecule is CCCCc1nc2c(N)nc3ccccc3c2n1C/C=C/CNC1CCC(N)CC1. The summed E-state index contributed by atoms with van der Waals surface area (Å²) < 4.78 is 2.32. The highest BCUT2D eigenvalue weighted by Crippen LogP contribution is 2.29. The number of nitrogens with one attached hydrogen (secondary N) is 1. The number of hydrogen-bond acceptors (Lipinski definition) is 5. The number of imidazole rings is 1. The lowest BCUT2D eigenvalue weighted by Crippen LogP contribution is -2.37. The molecule has 1 aliphatic carbocycles. The van der Waals surface area contributed by atoms with Crippen molar-refractivity contribution < 1.29 is 0 Å². The van der Waals surface area contributed by atoms with Crippen LogP contribution in [0.3, 0.4) is 0 Å². The van der Waals surface area contributed by atoms with Gasteiger partial charge in [0.1, 0.15) is 11.3 Å². The first-order valence-corrected chi connectivity index (χ1v) is 11.3. The van der Waals surface area contributed by atoms with Crippen LogP contribution in [-0.4, -0.2) is 33.2 Å². The number of para-hydroxylation sites is 1. The molecule has 0 aliphatic heterocycles. The highest BCUT2D eigenvalue weighted by atomic mass is 15.1. The lowest BCUT2D eigenvalue weighted by Gasteiger charge is -2.26. The van der Waals surface area contributed by atoms with Crippen molar-refractivity contribution in [1.29, 1.82) is 0 Å². The number of nitrogens with two attached hydrogens (primary N) is 2. The molecule has 0 saturated heterocycles. The second-order valence-electron chi connectivity index (χ2n) is 8.44. The fourth-order valence-corrected chi connectivity index (χ4v) is 4.45. The minimum Gasteiger partial charge on any atom is -0.382 e. The van der Waals surface area contributed by atoms with Crippen LogP contribution in [-0.2, 0) is 13.0 Å². The van der Waals surface area contributed by atoms with Crippen molar-refractivity contribution in [1.82, 2.24) is 19.9 Å². The van der Waals surface area contributed by atoms with Gasteiger partial charge in [0.25, 0.3) is 0 Å². The minimum atomic E-state index is 0.395. The normalized spacial score (nSPS) is 19.9. The fourth-order valence-electron chi connectivity index (χ4n) is 4.45. The first-order valence-electron chi connectivity index (χ1n) is 11.3. The summed E-state index contributed by atoms with van der Waals surface area (Å²) in [6, 6.07) is 9.18. The maximum Gasteiger partial charge on any atom is 0.152 e. The van der Waals surface area contributed by atoms with Crippen LogP contribution < -0.4 is 16.8 Å². The molecule has 0 unspecified atom stereocenters. The molecule has 6 nitrogen and oxygen atoms in total. The van der Waals surface area contributed by atoms with Crippen molar-refractivity contribution in [2.45, 2.75) is 70.5 Å². The summed E-state index contributed by atoms with van der Waals surface area (Å²) in [5.41, 5.74) is 15.1. The topological polar surface area (TPSA) is 94.8 Å². The zero-order valence-electron chi connectivity index (χ0n) is 18.0. The lowest BCUT2D eigenvalue weighted by atomic mass is 9.92. The maximum absolute atomic E-state index is 6.28. The average Bonchev–Trinajstić information content (AvgIpc) is 3.13. The summed E-state index contributed by atoms with van der Waals surface area (Å²) in [5, 5.41) is 4.76. The van der Waals surface area contributed by atoms with E-state index in [1.165, 1.54) is 12.8 Å². The average molecular weight is 407 g/mol. The standard InChI is InChI=1S/C24H34N6/c1-2-3-10-21-29-22-23(19-8-4-5-9-20(19)28-24(22)26)30(21)16-7-6-15-27-18-13-11-17(25)12-14-18/h4-9,17-18,27H,2-3,10-16,25H2,1H3,(H2,26,28)/b7-6+. The number of hydrogen-bond donors (Lipinski definition) is 3. The predicted octanol–water partition coefficient (Wildman–Crippen LogP) is 3.93. The van der Waals surface area contributed by atoms with Gasteiger partial charge in [0, 0.05) is 37.0 Å². The molecule has 1 aromatic carbocycles. The van der Waals surface area contributed by atoms with Gasteiger partial charge in [-0.2, -0.15) is 0 Å². The first kappa shape index (κ1) is 20.8.